The Hall–Kier alpha value is -2.42. The van der Waals surface area contributed by atoms with Crippen LogP contribution >= 0.6 is 11.8 Å². The molecule has 9 heteroatoms. The number of nitrogens with one attached hydrogen (secondary N) is 3. The lowest BCUT2D eigenvalue weighted by molar-refractivity contribution is 0.246. The summed E-state index contributed by atoms with van der Waals surface area (Å²) in [5.41, 5.74) is 1.25. The fraction of sp³-hybridized carbons (Fsp3) is 0.357. The van der Waals surface area contributed by atoms with Crippen molar-refractivity contribution in [3.8, 4) is 0 Å². The highest BCUT2D eigenvalue weighted by Gasteiger charge is 2.09. The molecule has 0 atom stereocenters. The second-order valence-electron chi connectivity index (χ2n) is 4.28. The van der Waals surface area contributed by atoms with Crippen molar-refractivity contribution in [1.82, 2.24) is 16.0 Å². The molecule has 3 N–H and O–H groups in total. The number of nitrogens with zero attached hydrogens (tertiary/aromatic N) is 2. The van der Waals surface area contributed by atoms with E-state index in [-0.39, 0.29) is 5.17 Å². The van der Waals surface area contributed by atoms with E-state index in [1.54, 1.807) is 38.1 Å². The van der Waals surface area contributed by atoms with Crippen molar-refractivity contribution in [1.29, 1.82) is 0 Å². The molecule has 0 saturated heterocycles. The summed E-state index contributed by atoms with van der Waals surface area (Å²) in [7, 11) is 0. The predicted octanol–water partition coefficient (Wildman–Crippen LogP) is 2.72. The van der Waals surface area contributed by atoms with Crippen LogP contribution in [0.2, 0.25) is 0 Å². The first-order valence-electron chi connectivity index (χ1n) is 7.05. The standard InChI is InChI=1S/C14H19N5O3S/c1-3-15-12(20)17-14(18-13(21)16-4-2)23-9-10-5-7-11(19-22)8-6-10/h5-8H,3-4,9H2,1-2H3,(H3,15,16,17,18,20,21). The molecule has 0 aliphatic carbocycles. The van der Waals surface area contributed by atoms with Gasteiger partial charge in [0.05, 0.1) is 0 Å². The first-order chi connectivity index (χ1) is 11.1. The fourth-order valence-electron chi connectivity index (χ4n) is 1.49. The van der Waals surface area contributed by atoms with Gasteiger partial charge in [-0.1, -0.05) is 23.9 Å². The van der Waals surface area contributed by atoms with Crippen LogP contribution in [-0.4, -0.2) is 30.3 Å². The molecule has 1 aromatic rings. The van der Waals surface area contributed by atoms with Crippen molar-refractivity contribution < 1.29 is 9.59 Å². The molecule has 1 rings (SSSR count). The molecule has 0 unspecified atom stereocenters. The van der Waals surface area contributed by atoms with Gasteiger partial charge in [-0.2, -0.15) is 4.99 Å². The van der Waals surface area contributed by atoms with Gasteiger partial charge in [0.15, 0.2) is 5.17 Å². The van der Waals surface area contributed by atoms with E-state index in [0.29, 0.717) is 24.5 Å². The van der Waals surface area contributed by atoms with Crippen LogP contribution in [0.1, 0.15) is 19.4 Å². The number of urea groups is 2. The Morgan fingerprint density at radius 3 is 2.30 bits per heavy atom. The zero-order valence-electron chi connectivity index (χ0n) is 13.0. The number of aliphatic imine (C=N–C) groups is 1. The molecular weight excluding hydrogens is 318 g/mol. The van der Waals surface area contributed by atoms with Gasteiger partial charge in [-0.15, -0.1) is 4.91 Å². The van der Waals surface area contributed by atoms with E-state index in [1.165, 1.54) is 11.8 Å². The van der Waals surface area contributed by atoms with Gasteiger partial charge in [0.2, 0.25) is 0 Å². The highest BCUT2D eigenvalue weighted by molar-refractivity contribution is 8.13. The second kappa shape index (κ2) is 10.3. The number of rotatable bonds is 5. The number of benzene rings is 1. The van der Waals surface area contributed by atoms with Crippen LogP contribution in [0, 0.1) is 4.91 Å². The average molecular weight is 337 g/mol. The molecule has 0 aliphatic heterocycles. The summed E-state index contributed by atoms with van der Waals surface area (Å²) < 4.78 is 0. The average Bonchev–Trinajstić information content (AvgIpc) is 2.53. The van der Waals surface area contributed by atoms with Gasteiger partial charge >= 0.3 is 12.1 Å². The summed E-state index contributed by atoms with van der Waals surface area (Å²) in [6.07, 6.45) is 0. The topological polar surface area (TPSA) is 112 Å². The Kier molecular flexibility index (Phi) is 8.37. The summed E-state index contributed by atoms with van der Waals surface area (Å²) in [5, 5.41) is 10.7. The molecule has 0 radical (unpaired) electrons. The number of carbonyl (C=O) groups is 2. The normalized spacial score (nSPS) is 10.8. The SMILES string of the molecule is CCNC(=O)/N=C(/NC(=O)NCC)SCc1ccc(N=O)cc1. The maximum atomic E-state index is 11.6. The number of amides is 4. The monoisotopic (exact) mass is 337 g/mol. The number of carbonyl (C=O) groups excluding carboxylic acids is 2. The van der Waals surface area contributed by atoms with Crippen LogP contribution in [0.4, 0.5) is 15.3 Å². The fourth-order valence-corrected chi connectivity index (χ4v) is 2.29. The molecule has 0 bridgehead atoms. The molecule has 0 aromatic heterocycles. The Bertz CT molecular complexity index is 574. The van der Waals surface area contributed by atoms with Crippen molar-refractivity contribution in [3.05, 3.63) is 34.7 Å². The van der Waals surface area contributed by atoms with E-state index in [1.807, 2.05) is 0 Å². The van der Waals surface area contributed by atoms with Crippen LogP contribution in [0.3, 0.4) is 0 Å². The molecule has 0 heterocycles. The van der Waals surface area contributed by atoms with E-state index in [2.05, 4.69) is 26.1 Å². The maximum absolute atomic E-state index is 11.6. The van der Waals surface area contributed by atoms with Gasteiger partial charge in [0, 0.05) is 18.8 Å². The predicted molar refractivity (Wildman–Crippen MR) is 91.9 cm³/mol. The maximum Gasteiger partial charge on any atom is 0.343 e. The van der Waals surface area contributed by atoms with Crippen molar-refractivity contribution in [2.24, 2.45) is 10.2 Å². The van der Waals surface area contributed by atoms with Gasteiger partial charge in [0.25, 0.3) is 0 Å². The van der Waals surface area contributed by atoms with Crippen molar-refractivity contribution in [3.63, 3.8) is 0 Å². The summed E-state index contributed by atoms with van der Waals surface area (Å²) in [6, 6.07) is 5.75. The van der Waals surface area contributed by atoms with Crippen molar-refractivity contribution in [2.75, 3.05) is 13.1 Å². The number of hydrogen-bond donors (Lipinski definition) is 3. The van der Waals surface area contributed by atoms with Gasteiger partial charge in [-0.05, 0) is 36.7 Å². The highest BCUT2D eigenvalue weighted by Crippen LogP contribution is 2.17. The van der Waals surface area contributed by atoms with Gasteiger partial charge in [-0.3, -0.25) is 5.32 Å². The third-order valence-corrected chi connectivity index (χ3v) is 3.45. The quantitative estimate of drug-likeness (QED) is 0.435. The lowest BCUT2D eigenvalue weighted by Gasteiger charge is -2.09. The molecule has 8 nitrogen and oxygen atoms in total. The first kappa shape index (κ1) is 18.6. The molecule has 1 aromatic carbocycles. The van der Waals surface area contributed by atoms with Gasteiger partial charge < -0.3 is 10.6 Å². The summed E-state index contributed by atoms with van der Waals surface area (Å²) in [5.74, 6) is 0.476. The number of amidine groups is 1. The summed E-state index contributed by atoms with van der Waals surface area (Å²) >= 11 is 1.20. The Balaban J connectivity index is 2.72. The third-order valence-electron chi connectivity index (χ3n) is 2.51. The Labute approximate surface area is 138 Å². The minimum Gasteiger partial charge on any atom is -0.338 e. The van der Waals surface area contributed by atoms with Gasteiger partial charge in [-0.25, -0.2) is 9.59 Å². The number of hydrogen-bond acceptors (Lipinski definition) is 5. The third kappa shape index (κ3) is 7.41. The molecule has 4 amide bonds. The molecule has 0 saturated carbocycles. The molecule has 23 heavy (non-hydrogen) atoms. The van der Waals surface area contributed by atoms with Crippen LogP contribution in [0.5, 0.6) is 0 Å². The second-order valence-corrected chi connectivity index (χ2v) is 5.25. The largest absolute Gasteiger partial charge is 0.343 e. The molecule has 124 valence electrons. The van der Waals surface area contributed by atoms with Gasteiger partial charge in [0.1, 0.15) is 5.69 Å². The smallest absolute Gasteiger partial charge is 0.338 e. The van der Waals surface area contributed by atoms with Crippen LogP contribution in [-0.2, 0) is 5.75 Å². The zero-order chi connectivity index (χ0) is 17.1. The lowest BCUT2D eigenvalue weighted by Crippen LogP contribution is -2.39. The van der Waals surface area contributed by atoms with E-state index in [0.717, 1.165) is 5.56 Å². The molecule has 0 aliphatic rings. The molecule has 0 spiro atoms. The minimum absolute atomic E-state index is 0.194. The van der Waals surface area contributed by atoms with Crippen LogP contribution in [0.25, 0.3) is 0 Å². The number of nitroso groups, excluding NO2 is 1. The highest BCUT2D eigenvalue weighted by atomic mass is 32.2. The van der Waals surface area contributed by atoms with Crippen LogP contribution < -0.4 is 16.0 Å². The van der Waals surface area contributed by atoms with E-state index in [9.17, 15) is 14.5 Å². The van der Waals surface area contributed by atoms with E-state index in [4.69, 9.17) is 0 Å². The van der Waals surface area contributed by atoms with Crippen LogP contribution in [0.15, 0.2) is 34.4 Å². The van der Waals surface area contributed by atoms with Crippen molar-refractivity contribution in [2.45, 2.75) is 19.6 Å². The molecule has 0 fully saturated rings. The van der Waals surface area contributed by atoms with E-state index < -0.39 is 12.1 Å². The number of thioether (sulfide) groups is 1. The van der Waals surface area contributed by atoms with Crippen molar-refractivity contribution >= 4 is 34.7 Å². The summed E-state index contributed by atoms with van der Waals surface area (Å²) in [6.45, 7) is 4.47. The minimum atomic E-state index is -0.521. The Morgan fingerprint density at radius 2 is 1.74 bits per heavy atom. The summed E-state index contributed by atoms with van der Waals surface area (Å²) in [4.78, 5) is 37.4. The lowest BCUT2D eigenvalue weighted by atomic mass is 10.2. The zero-order valence-corrected chi connectivity index (χ0v) is 13.8. The molecular formula is C14H19N5O3S. The first-order valence-corrected chi connectivity index (χ1v) is 8.04. The van der Waals surface area contributed by atoms with E-state index >= 15 is 0 Å². The Morgan fingerprint density at radius 1 is 1.09 bits per heavy atom.